The van der Waals surface area contributed by atoms with Crippen LogP contribution in [-0.4, -0.2) is 49.7 Å². The topological polar surface area (TPSA) is 96.8 Å². The Morgan fingerprint density at radius 1 is 1.37 bits per heavy atom. The summed E-state index contributed by atoms with van der Waals surface area (Å²) < 4.78 is 28.8. The van der Waals surface area contributed by atoms with E-state index in [0.29, 0.717) is 30.8 Å². The van der Waals surface area contributed by atoms with Gasteiger partial charge in [-0.1, -0.05) is 6.92 Å². The smallest absolute Gasteiger partial charge is 0.277 e. The van der Waals surface area contributed by atoms with Crippen molar-refractivity contribution in [3.8, 4) is 0 Å². The summed E-state index contributed by atoms with van der Waals surface area (Å²) >= 11 is 0. The van der Waals surface area contributed by atoms with Gasteiger partial charge in [-0.05, 0) is 6.07 Å². The monoisotopic (exact) mass is 287 g/mol. The van der Waals surface area contributed by atoms with Gasteiger partial charge in [0.2, 0.25) is 0 Å². The lowest BCUT2D eigenvalue weighted by Gasteiger charge is -2.32. The van der Waals surface area contributed by atoms with Crippen LogP contribution in [0, 0.1) is 0 Å². The minimum absolute atomic E-state index is 0.125. The third-order valence-electron chi connectivity index (χ3n) is 3.18. The number of piperazine rings is 1. The highest BCUT2D eigenvalue weighted by Gasteiger charge is 2.28. The van der Waals surface area contributed by atoms with Gasteiger partial charge in [0, 0.05) is 32.6 Å². The second-order valence-electron chi connectivity index (χ2n) is 4.35. The van der Waals surface area contributed by atoms with Gasteiger partial charge in [0.1, 0.15) is 5.76 Å². The van der Waals surface area contributed by atoms with Gasteiger partial charge in [0.05, 0.1) is 11.8 Å². The molecule has 2 heterocycles. The SMILES string of the molecule is CCc1occc1C(=O)N1CCN(S(N)(=O)=O)CC1. The molecule has 2 N–H and O–H groups in total. The van der Waals surface area contributed by atoms with Crippen molar-refractivity contribution in [3.05, 3.63) is 23.7 Å². The van der Waals surface area contributed by atoms with E-state index in [1.807, 2.05) is 6.92 Å². The zero-order valence-corrected chi connectivity index (χ0v) is 11.5. The highest BCUT2D eigenvalue weighted by molar-refractivity contribution is 7.86. The molecule has 1 saturated heterocycles. The highest BCUT2D eigenvalue weighted by atomic mass is 32.2. The van der Waals surface area contributed by atoms with E-state index in [1.54, 1.807) is 11.0 Å². The van der Waals surface area contributed by atoms with Crippen molar-refractivity contribution < 1.29 is 17.6 Å². The van der Waals surface area contributed by atoms with Crippen LogP contribution in [0.2, 0.25) is 0 Å². The van der Waals surface area contributed by atoms with Gasteiger partial charge in [-0.25, -0.2) is 5.14 Å². The van der Waals surface area contributed by atoms with Crippen LogP contribution in [0.3, 0.4) is 0 Å². The van der Waals surface area contributed by atoms with Gasteiger partial charge in [-0.2, -0.15) is 12.7 Å². The van der Waals surface area contributed by atoms with E-state index in [4.69, 9.17) is 9.56 Å². The maximum atomic E-state index is 12.3. The minimum atomic E-state index is -3.66. The molecule has 0 atom stereocenters. The molecule has 1 aromatic heterocycles. The molecule has 0 aliphatic carbocycles. The van der Waals surface area contributed by atoms with Gasteiger partial charge in [0.15, 0.2) is 0 Å². The molecule has 1 amide bonds. The Balaban J connectivity index is 2.04. The van der Waals surface area contributed by atoms with E-state index in [1.165, 1.54) is 10.6 Å². The van der Waals surface area contributed by atoms with Crippen LogP contribution < -0.4 is 5.14 Å². The van der Waals surface area contributed by atoms with Crippen LogP contribution in [0.1, 0.15) is 23.0 Å². The van der Waals surface area contributed by atoms with Gasteiger partial charge in [0.25, 0.3) is 16.1 Å². The van der Waals surface area contributed by atoms with Crippen molar-refractivity contribution in [2.24, 2.45) is 5.14 Å². The van der Waals surface area contributed by atoms with Crippen LogP contribution >= 0.6 is 0 Å². The number of carbonyl (C=O) groups excluding carboxylic acids is 1. The predicted octanol–water partition coefficient (Wildman–Crippen LogP) is -0.197. The third-order valence-corrected chi connectivity index (χ3v) is 4.27. The van der Waals surface area contributed by atoms with Crippen LogP contribution in [0.25, 0.3) is 0 Å². The minimum Gasteiger partial charge on any atom is -0.469 e. The van der Waals surface area contributed by atoms with Gasteiger partial charge < -0.3 is 9.32 Å². The first-order chi connectivity index (χ1) is 8.93. The molecule has 2 rings (SSSR count). The van der Waals surface area contributed by atoms with Crippen molar-refractivity contribution in [1.82, 2.24) is 9.21 Å². The molecule has 1 fully saturated rings. The molecule has 1 aliphatic heterocycles. The Labute approximate surface area is 112 Å². The first kappa shape index (κ1) is 14.0. The average Bonchev–Trinajstić information content (AvgIpc) is 2.85. The van der Waals surface area contributed by atoms with E-state index < -0.39 is 10.2 Å². The molecule has 1 aliphatic rings. The molecule has 0 bridgehead atoms. The number of amides is 1. The van der Waals surface area contributed by atoms with Crippen molar-refractivity contribution in [3.63, 3.8) is 0 Å². The summed E-state index contributed by atoms with van der Waals surface area (Å²) in [5, 5.41) is 5.05. The Hall–Kier alpha value is -1.38. The Kier molecular flexibility index (Phi) is 3.93. The van der Waals surface area contributed by atoms with E-state index in [0.717, 1.165) is 0 Å². The molecular formula is C11H17N3O4S. The molecule has 8 heteroatoms. The maximum Gasteiger partial charge on any atom is 0.277 e. The summed E-state index contributed by atoms with van der Waals surface area (Å²) in [6.45, 7) is 3.04. The van der Waals surface area contributed by atoms with Crippen LogP contribution in [0.4, 0.5) is 0 Å². The summed E-state index contributed by atoms with van der Waals surface area (Å²) in [5.41, 5.74) is 0.548. The molecule has 19 heavy (non-hydrogen) atoms. The van der Waals surface area contributed by atoms with E-state index in [2.05, 4.69) is 0 Å². The summed E-state index contributed by atoms with van der Waals surface area (Å²) in [6, 6.07) is 1.65. The Bertz CT molecular complexity index is 558. The number of nitrogens with zero attached hydrogens (tertiary/aromatic N) is 2. The summed E-state index contributed by atoms with van der Waals surface area (Å²) in [6.07, 6.45) is 2.14. The molecule has 0 unspecified atom stereocenters. The first-order valence-electron chi connectivity index (χ1n) is 6.07. The fourth-order valence-corrected chi connectivity index (χ4v) is 2.79. The van der Waals surface area contributed by atoms with Crippen molar-refractivity contribution in [2.45, 2.75) is 13.3 Å². The number of nitrogens with two attached hydrogens (primary N) is 1. The average molecular weight is 287 g/mol. The lowest BCUT2D eigenvalue weighted by Crippen LogP contribution is -2.52. The molecule has 106 valence electrons. The molecule has 0 spiro atoms. The summed E-state index contributed by atoms with van der Waals surface area (Å²) in [4.78, 5) is 13.9. The number of hydrogen-bond donors (Lipinski definition) is 1. The summed E-state index contributed by atoms with van der Waals surface area (Å²) in [7, 11) is -3.66. The van der Waals surface area contributed by atoms with Crippen LogP contribution in [0.5, 0.6) is 0 Å². The number of furan rings is 1. The Morgan fingerprint density at radius 3 is 2.53 bits per heavy atom. The van der Waals surface area contributed by atoms with Crippen molar-refractivity contribution in [1.29, 1.82) is 0 Å². The highest BCUT2D eigenvalue weighted by Crippen LogP contribution is 2.15. The molecule has 0 saturated carbocycles. The molecule has 1 aromatic rings. The fraction of sp³-hybridized carbons (Fsp3) is 0.545. The van der Waals surface area contributed by atoms with Crippen LogP contribution in [-0.2, 0) is 16.6 Å². The Morgan fingerprint density at radius 2 is 2.00 bits per heavy atom. The van der Waals surface area contributed by atoms with E-state index >= 15 is 0 Å². The van der Waals surface area contributed by atoms with Crippen molar-refractivity contribution in [2.75, 3.05) is 26.2 Å². The maximum absolute atomic E-state index is 12.3. The number of rotatable bonds is 3. The normalized spacial score (nSPS) is 17.7. The number of hydrogen-bond acceptors (Lipinski definition) is 4. The second-order valence-corrected chi connectivity index (χ2v) is 5.89. The molecule has 0 aromatic carbocycles. The second kappa shape index (κ2) is 5.32. The van der Waals surface area contributed by atoms with E-state index in [-0.39, 0.29) is 19.0 Å². The lowest BCUT2D eigenvalue weighted by atomic mass is 10.2. The largest absolute Gasteiger partial charge is 0.469 e. The lowest BCUT2D eigenvalue weighted by molar-refractivity contribution is 0.0695. The molecule has 0 radical (unpaired) electrons. The van der Waals surface area contributed by atoms with Crippen molar-refractivity contribution >= 4 is 16.1 Å². The standard InChI is InChI=1S/C11H17N3O4S/c1-2-10-9(3-8-18-10)11(15)13-4-6-14(7-5-13)19(12,16)17/h3,8H,2,4-7H2,1H3,(H2,12,16,17). The molecular weight excluding hydrogens is 270 g/mol. The van der Waals surface area contributed by atoms with Crippen LogP contribution in [0.15, 0.2) is 16.7 Å². The number of carbonyl (C=O) groups is 1. The van der Waals surface area contributed by atoms with Gasteiger partial charge in [-0.15, -0.1) is 0 Å². The quantitative estimate of drug-likeness (QED) is 0.832. The third kappa shape index (κ3) is 2.96. The molecule has 7 nitrogen and oxygen atoms in total. The first-order valence-corrected chi connectivity index (χ1v) is 7.57. The van der Waals surface area contributed by atoms with E-state index in [9.17, 15) is 13.2 Å². The number of aryl methyl sites for hydroxylation is 1. The summed E-state index contributed by atoms with van der Waals surface area (Å²) in [5.74, 6) is 0.526. The van der Waals surface area contributed by atoms with Gasteiger partial charge in [-0.3, -0.25) is 4.79 Å². The predicted molar refractivity (Wildman–Crippen MR) is 68.7 cm³/mol. The van der Waals surface area contributed by atoms with Gasteiger partial charge >= 0.3 is 0 Å². The zero-order chi connectivity index (χ0) is 14.0. The zero-order valence-electron chi connectivity index (χ0n) is 10.7. The fourth-order valence-electron chi connectivity index (χ4n) is 2.12.